The first-order valence-electron chi connectivity index (χ1n) is 8.24. The number of nitrogens with one attached hydrogen (secondary N) is 1. The largest absolute Gasteiger partial charge is 0.355 e. The van der Waals surface area contributed by atoms with Crippen LogP contribution >= 0.6 is 0 Å². The third-order valence-corrected chi connectivity index (χ3v) is 6.69. The van der Waals surface area contributed by atoms with E-state index in [1.165, 1.54) is 28.8 Å². The van der Waals surface area contributed by atoms with Gasteiger partial charge in [-0.2, -0.15) is 4.31 Å². The lowest BCUT2D eigenvalue weighted by Gasteiger charge is -2.26. The molecule has 0 aliphatic carbocycles. The van der Waals surface area contributed by atoms with E-state index in [9.17, 15) is 12.8 Å². The second-order valence-electron chi connectivity index (χ2n) is 6.28. The molecule has 1 unspecified atom stereocenters. The number of hydrogen-bond acceptors (Lipinski definition) is 5. The Morgan fingerprint density at radius 2 is 2.08 bits per heavy atom. The molecule has 4 rings (SSSR count). The Kier molecular flexibility index (Phi) is 4.12. The van der Waals surface area contributed by atoms with Crippen molar-refractivity contribution in [1.29, 1.82) is 0 Å². The minimum absolute atomic E-state index is 0.0513. The van der Waals surface area contributed by atoms with Crippen LogP contribution in [-0.2, 0) is 10.0 Å². The first-order chi connectivity index (χ1) is 12.5. The number of H-pyrrole nitrogens is 1. The van der Waals surface area contributed by atoms with E-state index in [0.29, 0.717) is 13.0 Å². The van der Waals surface area contributed by atoms with Gasteiger partial charge in [-0.25, -0.2) is 22.8 Å². The van der Waals surface area contributed by atoms with Crippen LogP contribution in [0.4, 0.5) is 10.2 Å². The van der Waals surface area contributed by atoms with E-state index in [0.717, 1.165) is 22.9 Å². The molecule has 2 aromatic heterocycles. The molecule has 26 heavy (non-hydrogen) atoms. The number of halogens is 1. The number of fused-ring (bicyclic) bond motifs is 1. The Morgan fingerprint density at radius 3 is 2.88 bits per heavy atom. The van der Waals surface area contributed by atoms with Gasteiger partial charge in [0.1, 0.15) is 28.5 Å². The average molecular weight is 375 g/mol. The van der Waals surface area contributed by atoms with E-state index in [4.69, 9.17) is 0 Å². The molecular weight excluding hydrogens is 357 g/mol. The minimum Gasteiger partial charge on any atom is -0.355 e. The summed E-state index contributed by atoms with van der Waals surface area (Å²) >= 11 is 0. The van der Waals surface area contributed by atoms with E-state index in [-0.39, 0.29) is 17.5 Å². The molecule has 0 radical (unpaired) electrons. The Balaban J connectivity index is 1.59. The van der Waals surface area contributed by atoms with Gasteiger partial charge in [0, 0.05) is 32.4 Å². The maximum Gasteiger partial charge on any atom is 0.246 e. The summed E-state index contributed by atoms with van der Waals surface area (Å²) in [6, 6.07) is 7.31. The van der Waals surface area contributed by atoms with Gasteiger partial charge in [-0.15, -0.1) is 0 Å². The average Bonchev–Trinajstić information content (AvgIpc) is 3.30. The summed E-state index contributed by atoms with van der Waals surface area (Å²) < 4.78 is 40.8. The second-order valence-corrected chi connectivity index (χ2v) is 8.19. The highest BCUT2D eigenvalue weighted by atomic mass is 32.2. The maximum absolute atomic E-state index is 14.0. The Hall–Kier alpha value is -2.52. The Bertz CT molecular complexity index is 1050. The monoisotopic (exact) mass is 375 g/mol. The zero-order valence-electron chi connectivity index (χ0n) is 14.1. The molecule has 1 aromatic carbocycles. The second kappa shape index (κ2) is 6.33. The molecule has 1 aliphatic rings. The van der Waals surface area contributed by atoms with Crippen LogP contribution in [0.15, 0.2) is 47.8 Å². The lowest BCUT2D eigenvalue weighted by atomic mass is 10.2. The fraction of sp³-hybridized carbons (Fsp3) is 0.294. The van der Waals surface area contributed by atoms with Crippen LogP contribution in [0.25, 0.3) is 11.0 Å². The van der Waals surface area contributed by atoms with Crippen molar-refractivity contribution in [3.63, 3.8) is 0 Å². The van der Waals surface area contributed by atoms with Crippen LogP contribution in [0.2, 0.25) is 0 Å². The first kappa shape index (κ1) is 16.9. The number of nitrogens with zero attached hydrogens (tertiary/aromatic N) is 4. The van der Waals surface area contributed by atoms with Crippen LogP contribution in [0.5, 0.6) is 0 Å². The summed E-state index contributed by atoms with van der Waals surface area (Å²) in [7, 11) is -1.97. The molecular formula is C17H18FN5O2S. The van der Waals surface area contributed by atoms with Gasteiger partial charge in [-0.1, -0.05) is 12.1 Å². The van der Waals surface area contributed by atoms with Gasteiger partial charge in [0.05, 0.1) is 5.39 Å². The predicted octanol–water partition coefficient (Wildman–Crippen LogP) is 2.00. The fourth-order valence-corrected chi connectivity index (χ4v) is 4.91. The Morgan fingerprint density at radius 1 is 1.27 bits per heavy atom. The predicted molar refractivity (Wildman–Crippen MR) is 95.9 cm³/mol. The van der Waals surface area contributed by atoms with Gasteiger partial charge in [-0.05, 0) is 24.6 Å². The summed E-state index contributed by atoms with van der Waals surface area (Å²) in [5.74, 6) is 0.0144. The number of aromatic amines is 1. The number of anilines is 1. The lowest BCUT2D eigenvalue weighted by Crippen LogP contribution is -2.37. The summed E-state index contributed by atoms with van der Waals surface area (Å²) in [5, 5.41) is 0.880. The summed E-state index contributed by atoms with van der Waals surface area (Å²) in [6.45, 7) is 0.621. The van der Waals surface area contributed by atoms with Gasteiger partial charge in [0.25, 0.3) is 0 Å². The number of hydrogen-bond donors (Lipinski definition) is 1. The van der Waals surface area contributed by atoms with E-state index in [2.05, 4.69) is 15.0 Å². The first-order valence-corrected chi connectivity index (χ1v) is 9.68. The topological polar surface area (TPSA) is 82.2 Å². The van der Waals surface area contributed by atoms with Crippen molar-refractivity contribution >= 4 is 26.9 Å². The molecule has 136 valence electrons. The lowest BCUT2D eigenvalue weighted by molar-refractivity contribution is 0.463. The molecule has 3 aromatic rings. The Labute approximate surface area is 150 Å². The molecule has 1 N–H and O–H groups in total. The van der Waals surface area contributed by atoms with E-state index in [1.54, 1.807) is 6.20 Å². The third kappa shape index (κ3) is 2.73. The van der Waals surface area contributed by atoms with E-state index in [1.807, 2.05) is 18.0 Å². The number of sulfonamides is 1. The zero-order valence-corrected chi connectivity index (χ0v) is 14.9. The van der Waals surface area contributed by atoms with Crippen molar-refractivity contribution in [3.8, 4) is 0 Å². The third-order valence-electron chi connectivity index (χ3n) is 4.80. The van der Waals surface area contributed by atoms with Gasteiger partial charge < -0.3 is 9.88 Å². The van der Waals surface area contributed by atoms with Crippen LogP contribution in [0, 0.1) is 5.82 Å². The molecule has 0 amide bonds. The molecule has 1 atom stereocenters. The quantitative estimate of drug-likeness (QED) is 0.754. The summed E-state index contributed by atoms with van der Waals surface area (Å²) in [5.41, 5.74) is 0.732. The van der Waals surface area contributed by atoms with Crippen LogP contribution in [0.1, 0.15) is 6.42 Å². The van der Waals surface area contributed by atoms with Crippen molar-refractivity contribution < 1.29 is 12.8 Å². The smallest absolute Gasteiger partial charge is 0.246 e. The molecule has 9 heteroatoms. The summed E-state index contributed by atoms with van der Waals surface area (Å²) in [4.78, 5) is 13.3. The standard InChI is InChI=1S/C17H18FN5O2S/c1-22(17-13-6-8-19-16(13)20-11-21-17)12-7-9-23(10-12)26(24,25)15-5-3-2-4-14(15)18/h2-6,8,11-12H,7,9-10H2,1H3,(H,19,20,21). The molecule has 0 spiro atoms. The SMILES string of the molecule is CN(c1ncnc2[nH]ccc12)C1CCN(S(=O)(=O)c2ccccc2F)C1. The van der Waals surface area contributed by atoms with Crippen molar-refractivity contribution in [2.75, 3.05) is 25.0 Å². The van der Waals surface area contributed by atoms with Crippen LogP contribution in [-0.4, -0.2) is 53.9 Å². The maximum atomic E-state index is 14.0. The van der Waals surface area contributed by atoms with E-state index < -0.39 is 15.8 Å². The molecule has 3 heterocycles. The number of rotatable bonds is 4. The number of likely N-dealkylation sites (N-methyl/N-ethyl adjacent to an activating group) is 1. The highest BCUT2D eigenvalue weighted by Gasteiger charge is 2.36. The van der Waals surface area contributed by atoms with E-state index >= 15 is 0 Å². The molecule has 0 bridgehead atoms. The highest BCUT2D eigenvalue weighted by molar-refractivity contribution is 7.89. The van der Waals surface area contributed by atoms with Crippen molar-refractivity contribution in [1.82, 2.24) is 19.3 Å². The molecule has 1 aliphatic heterocycles. The van der Waals surface area contributed by atoms with Gasteiger partial charge in [-0.3, -0.25) is 0 Å². The molecule has 1 saturated heterocycles. The summed E-state index contributed by atoms with van der Waals surface area (Å²) in [6.07, 6.45) is 3.91. The minimum atomic E-state index is -3.86. The van der Waals surface area contributed by atoms with Gasteiger partial charge in [0.2, 0.25) is 10.0 Å². The normalized spacial score (nSPS) is 18.5. The molecule has 1 fully saturated rings. The van der Waals surface area contributed by atoms with Crippen molar-refractivity contribution in [2.45, 2.75) is 17.4 Å². The number of benzene rings is 1. The van der Waals surface area contributed by atoms with Crippen molar-refractivity contribution in [3.05, 3.63) is 48.7 Å². The zero-order chi connectivity index (χ0) is 18.3. The fourth-order valence-electron chi connectivity index (χ4n) is 3.35. The van der Waals surface area contributed by atoms with Crippen LogP contribution in [0.3, 0.4) is 0 Å². The van der Waals surface area contributed by atoms with Gasteiger partial charge >= 0.3 is 0 Å². The van der Waals surface area contributed by atoms with Gasteiger partial charge in [0.15, 0.2) is 0 Å². The van der Waals surface area contributed by atoms with Crippen molar-refractivity contribution in [2.24, 2.45) is 0 Å². The number of aromatic nitrogens is 3. The molecule has 0 saturated carbocycles. The molecule has 7 nitrogen and oxygen atoms in total. The highest BCUT2D eigenvalue weighted by Crippen LogP contribution is 2.29. The van der Waals surface area contributed by atoms with Crippen LogP contribution < -0.4 is 4.90 Å².